The van der Waals surface area contributed by atoms with Gasteiger partial charge in [-0.1, -0.05) is 0 Å². The number of carbonyl (C=O) groups is 1. The first kappa shape index (κ1) is 9.06. The Morgan fingerprint density at radius 3 is 3.17 bits per heavy atom. The highest BCUT2D eigenvalue weighted by atomic mass is 35.5. The molecule has 1 rings (SSSR count). The number of halogens is 1. The lowest BCUT2D eigenvalue weighted by atomic mass is 10.4. The normalized spacial score (nSPS) is 12.5. The van der Waals surface area contributed by atoms with Gasteiger partial charge in [0.05, 0.1) is 12.2 Å². The molecule has 1 amide bonds. The van der Waals surface area contributed by atoms with Crippen LogP contribution in [0.4, 0.5) is 0 Å². The second-order valence-corrected chi connectivity index (χ2v) is 2.97. The van der Waals surface area contributed by atoms with E-state index in [1.165, 1.54) is 12.7 Å². The third-order valence-corrected chi connectivity index (χ3v) is 1.49. The van der Waals surface area contributed by atoms with Crippen LogP contribution in [0.25, 0.3) is 0 Å². The van der Waals surface area contributed by atoms with Gasteiger partial charge in [0.15, 0.2) is 6.39 Å². The molecule has 1 atom stereocenters. The summed E-state index contributed by atoms with van der Waals surface area (Å²) in [5.74, 6) is -0.209. The molecular weight excluding hydrogens is 180 g/mol. The fourth-order valence-corrected chi connectivity index (χ4v) is 0.720. The monoisotopic (exact) mass is 188 g/mol. The quantitative estimate of drug-likeness (QED) is 0.718. The Bertz CT molecular complexity index is 246. The van der Waals surface area contributed by atoms with Gasteiger partial charge in [-0.25, -0.2) is 4.98 Å². The number of hydrogen-bond donors (Lipinski definition) is 1. The van der Waals surface area contributed by atoms with Crippen molar-refractivity contribution >= 4 is 17.5 Å². The number of nitrogens with one attached hydrogen (secondary N) is 1. The van der Waals surface area contributed by atoms with Crippen LogP contribution >= 0.6 is 11.6 Å². The highest BCUT2D eigenvalue weighted by Gasteiger charge is 2.08. The largest absolute Gasteiger partial charge is 0.451 e. The first-order chi connectivity index (χ1) is 5.70. The molecule has 1 unspecified atom stereocenters. The summed E-state index contributed by atoms with van der Waals surface area (Å²) in [5, 5.41) is 2.07. The van der Waals surface area contributed by atoms with E-state index in [1.807, 2.05) is 0 Å². The van der Waals surface area contributed by atoms with Crippen LogP contribution in [0, 0.1) is 0 Å². The highest BCUT2D eigenvalue weighted by Crippen LogP contribution is 1.96. The van der Waals surface area contributed by atoms with Crippen molar-refractivity contribution < 1.29 is 9.21 Å². The Hall–Kier alpha value is -1.03. The van der Waals surface area contributed by atoms with Gasteiger partial charge >= 0.3 is 0 Å². The number of carbonyl (C=O) groups excluding carboxylic acids is 1. The van der Waals surface area contributed by atoms with Gasteiger partial charge in [0, 0.05) is 0 Å². The lowest BCUT2D eigenvalue weighted by Crippen LogP contribution is -2.29. The van der Waals surface area contributed by atoms with Crippen molar-refractivity contribution in [3.8, 4) is 0 Å². The van der Waals surface area contributed by atoms with Crippen LogP contribution in [-0.4, -0.2) is 16.3 Å². The van der Waals surface area contributed by atoms with Gasteiger partial charge in [0.1, 0.15) is 11.6 Å². The number of aromatic nitrogens is 1. The Balaban J connectivity index is 2.32. The summed E-state index contributed by atoms with van der Waals surface area (Å²) < 4.78 is 4.71. The first-order valence-corrected chi connectivity index (χ1v) is 3.92. The van der Waals surface area contributed by atoms with E-state index in [1.54, 1.807) is 6.92 Å². The molecule has 0 aliphatic carbocycles. The van der Waals surface area contributed by atoms with Gasteiger partial charge in [-0.15, -0.1) is 11.6 Å². The van der Waals surface area contributed by atoms with Gasteiger partial charge in [-0.05, 0) is 6.92 Å². The standard InChI is InChI=1S/C7H9ClN2O2/c1-5(8)7(11)9-2-6-3-12-4-10-6/h3-5H,2H2,1H3,(H,9,11). The van der Waals surface area contributed by atoms with Crippen LogP contribution in [0.3, 0.4) is 0 Å². The number of rotatable bonds is 3. The van der Waals surface area contributed by atoms with Crippen molar-refractivity contribution in [1.29, 1.82) is 0 Å². The molecule has 4 nitrogen and oxygen atoms in total. The molecule has 0 spiro atoms. The Kier molecular flexibility index (Phi) is 3.10. The van der Waals surface area contributed by atoms with Crippen molar-refractivity contribution in [2.45, 2.75) is 18.8 Å². The molecule has 0 fully saturated rings. The van der Waals surface area contributed by atoms with E-state index in [-0.39, 0.29) is 5.91 Å². The van der Waals surface area contributed by atoms with E-state index >= 15 is 0 Å². The fraction of sp³-hybridized carbons (Fsp3) is 0.429. The van der Waals surface area contributed by atoms with Crippen LogP contribution in [0.15, 0.2) is 17.1 Å². The van der Waals surface area contributed by atoms with Gasteiger partial charge in [-0.3, -0.25) is 4.79 Å². The number of alkyl halides is 1. The van der Waals surface area contributed by atoms with Gasteiger partial charge < -0.3 is 9.73 Å². The second kappa shape index (κ2) is 4.11. The van der Waals surface area contributed by atoms with E-state index in [9.17, 15) is 4.79 Å². The molecule has 0 aliphatic heterocycles. The summed E-state index contributed by atoms with van der Waals surface area (Å²) in [6, 6.07) is 0. The predicted octanol–water partition coefficient (Wildman–Crippen LogP) is 0.918. The fourth-order valence-electron chi connectivity index (χ4n) is 0.643. The summed E-state index contributed by atoms with van der Waals surface area (Å²) in [4.78, 5) is 14.8. The summed E-state index contributed by atoms with van der Waals surface area (Å²) >= 11 is 5.51. The van der Waals surface area contributed by atoms with Crippen LogP contribution in [0.2, 0.25) is 0 Å². The Morgan fingerprint density at radius 1 is 1.92 bits per heavy atom. The maximum absolute atomic E-state index is 10.9. The molecule has 0 aromatic carbocycles. The van der Waals surface area contributed by atoms with E-state index < -0.39 is 5.38 Å². The first-order valence-electron chi connectivity index (χ1n) is 3.49. The second-order valence-electron chi connectivity index (χ2n) is 2.31. The van der Waals surface area contributed by atoms with E-state index in [4.69, 9.17) is 16.0 Å². The zero-order valence-corrected chi connectivity index (χ0v) is 7.34. The van der Waals surface area contributed by atoms with E-state index in [0.717, 1.165) is 0 Å². The highest BCUT2D eigenvalue weighted by molar-refractivity contribution is 6.30. The molecule has 0 saturated heterocycles. The lowest BCUT2D eigenvalue weighted by Gasteiger charge is -2.02. The lowest BCUT2D eigenvalue weighted by molar-refractivity contribution is -0.120. The van der Waals surface area contributed by atoms with Gasteiger partial charge in [-0.2, -0.15) is 0 Å². The van der Waals surface area contributed by atoms with E-state index in [0.29, 0.717) is 12.2 Å². The van der Waals surface area contributed by atoms with Crippen LogP contribution in [0.1, 0.15) is 12.6 Å². The number of oxazole rings is 1. The molecular formula is C7H9ClN2O2. The average molecular weight is 189 g/mol. The molecule has 1 heterocycles. The minimum atomic E-state index is -0.517. The SMILES string of the molecule is CC(Cl)C(=O)NCc1cocn1. The minimum Gasteiger partial charge on any atom is -0.451 e. The van der Waals surface area contributed by atoms with Crippen molar-refractivity contribution in [1.82, 2.24) is 10.3 Å². The molecule has 0 radical (unpaired) electrons. The number of hydrogen-bond acceptors (Lipinski definition) is 3. The zero-order chi connectivity index (χ0) is 8.97. The smallest absolute Gasteiger partial charge is 0.238 e. The molecule has 0 aliphatic rings. The summed E-state index contributed by atoms with van der Waals surface area (Å²) in [6.07, 6.45) is 2.78. The Labute approximate surface area is 74.9 Å². The molecule has 0 bridgehead atoms. The third-order valence-electron chi connectivity index (χ3n) is 1.29. The molecule has 5 heteroatoms. The zero-order valence-electron chi connectivity index (χ0n) is 6.58. The van der Waals surface area contributed by atoms with Crippen LogP contribution in [0.5, 0.6) is 0 Å². The van der Waals surface area contributed by atoms with Crippen LogP contribution < -0.4 is 5.32 Å². The van der Waals surface area contributed by atoms with Crippen molar-refractivity contribution in [3.63, 3.8) is 0 Å². The molecule has 0 saturated carbocycles. The molecule has 1 N–H and O–H groups in total. The maximum Gasteiger partial charge on any atom is 0.238 e. The molecule has 12 heavy (non-hydrogen) atoms. The van der Waals surface area contributed by atoms with Crippen molar-refractivity contribution in [2.75, 3.05) is 0 Å². The number of amides is 1. The van der Waals surface area contributed by atoms with Gasteiger partial charge in [0.25, 0.3) is 0 Å². The maximum atomic E-state index is 10.9. The summed E-state index contributed by atoms with van der Waals surface area (Å²) in [6.45, 7) is 1.96. The topological polar surface area (TPSA) is 55.1 Å². The molecule has 1 aromatic rings. The summed E-state index contributed by atoms with van der Waals surface area (Å²) in [5.41, 5.74) is 0.681. The average Bonchev–Trinajstić information content (AvgIpc) is 2.51. The van der Waals surface area contributed by atoms with Crippen molar-refractivity contribution in [3.05, 3.63) is 18.4 Å². The Morgan fingerprint density at radius 2 is 2.67 bits per heavy atom. The molecule has 1 aromatic heterocycles. The van der Waals surface area contributed by atoms with Gasteiger partial charge in [0.2, 0.25) is 5.91 Å². The van der Waals surface area contributed by atoms with E-state index in [2.05, 4.69) is 10.3 Å². The minimum absolute atomic E-state index is 0.209. The van der Waals surface area contributed by atoms with Crippen molar-refractivity contribution in [2.24, 2.45) is 0 Å². The predicted molar refractivity (Wildman–Crippen MR) is 43.7 cm³/mol. The third kappa shape index (κ3) is 2.54. The molecule has 66 valence electrons. The van der Waals surface area contributed by atoms with Crippen LogP contribution in [-0.2, 0) is 11.3 Å². The summed E-state index contributed by atoms with van der Waals surface area (Å²) in [7, 11) is 0. The number of nitrogens with zero attached hydrogens (tertiary/aromatic N) is 1.